The predicted molar refractivity (Wildman–Crippen MR) is 104 cm³/mol. The van der Waals surface area contributed by atoms with E-state index in [2.05, 4.69) is 35.4 Å². The Balaban J connectivity index is 1.53. The van der Waals surface area contributed by atoms with Gasteiger partial charge < -0.3 is 10.3 Å². The van der Waals surface area contributed by atoms with E-state index in [-0.39, 0.29) is 0 Å². The molecule has 0 bridgehead atoms. The Bertz CT molecular complexity index is 961. The Labute approximate surface area is 156 Å². The molecule has 0 atom stereocenters. The molecule has 0 unspecified atom stereocenters. The number of halogens is 1. The van der Waals surface area contributed by atoms with Crippen molar-refractivity contribution in [3.8, 4) is 0 Å². The maximum absolute atomic E-state index is 13.4. The maximum atomic E-state index is 13.4. The first-order valence-corrected chi connectivity index (χ1v) is 8.76. The topological polar surface area (TPSA) is 77.2 Å². The highest BCUT2D eigenvalue weighted by Gasteiger charge is 2.08. The van der Waals surface area contributed by atoms with Crippen LogP contribution in [0.5, 0.6) is 0 Å². The molecule has 3 aromatic rings. The molecule has 0 saturated carbocycles. The first kappa shape index (κ1) is 18.8. The molecular weight excluding hydrogens is 345 g/mol. The summed E-state index contributed by atoms with van der Waals surface area (Å²) in [7, 11) is 0. The lowest BCUT2D eigenvalue weighted by atomic mass is 10.1. The number of aromatic nitrogens is 1. The van der Waals surface area contributed by atoms with Gasteiger partial charge in [0.05, 0.1) is 0 Å². The third-order valence-electron chi connectivity index (χ3n) is 4.50. The summed E-state index contributed by atoms with van der Waals surface area (Å²) in [6.45, 7) is 3.64. The van der Waals surface area contributed by atoms with E-state index in [1.165, 1.54) is 22.1 Å². The molecule has 0 saturated heterocycles. The van der Waals surface area contributed by atoms with Gasteiger partial charge in [0.2, 0.25) is 0 Å². The zero-order chi connectivity index (χ0) is 19.2. The number of rotatable bonds is 7. The molecule has 3 rings (SSSR count). The average molecular weight is 367 g/mol. The summed E-state index contributed by atoms with van der Waals surface area (Å²) in [5.74, 6) is -2.20. The van der Waals surface area contributed by atoms with Crippen LogP contribution in [-0.4, -0.2) is 22.6 Å². The molecule has 0 aliphatic heterocycles. The molecule has 0 spiro atoms. The molecule has 1 heterocycles. The van der Waals surface area contributed by atoms with Crippen molar-refractivity contribution in [3.05, 3.63) is 76.7 Å². The summed E-state index contributed by atoms with van der Waals surface area (Å²) in [5.41, 5.74) is 6.57. The minimum absolute atomic E-state index is 0.550. The monoisotopic (exact) mass is 367 g/mol. The molecule has 27 heavy (non-hydrogen) atoms. The normalized spacial score (nSPS) is 11.7. The molecule has 6 heteroatoms. The number of aryl methyl sites for hydroxylation is 1. The molecule has 0 aliphatic carbocycles. The Morgan fingerprint density at radius 3 is 2.67 bits per heavy atom. The van der Waals surface area contributed by atoms with Crippen molar-refractivity contribution >= 4 is 22.9 Å². The van der Waals surface area contributed by atoms with Crippen LogP contribution in [0.2, 0.25) is 0 Å². The van der Waals surface area contributed by atoms with E-state index in [9.17, 15) is 9.18 Å². The van der Waals surface area contributed by atoms with Gasteiger partial charge in [-0.05, 0) is 48.7 Å². The molecule has 1 amide bonds. The van der Waals surface area contributed by atoms with Crippen molar-refractivity contribution in [2.24, 2.45) is 0 Å². The summed E-state index contributed by atoms with van der Waals surface area (Å²) < 4.78 is 13.4. The number of hydrogen-bond donors (Lipinski definition) is 4. The average Bonchev–Trinajstić information content (AvgIpc) is 3.01. The molecular formula is C21H22FN3O2. The Morgan fingerprint density at radius 2 is 1.93 bits per heavy atom. The number of amides is 1. The molecule has 4 N–H and O–H groups in total. The summed E-state index contributed by atoms with van der Waals surface area (Å²) >= 11 is 0. The van der Waals surface area contributed by atoms with Crippen molar-refractivity contribution in [2.75, 3.05) is 6.54 Å². The van der Waals surface area contributed by atoms with Crippen LogP contribution in [0.1, 0.15) is 22.4 Å². The van der Waals surface area contributed by atoms with E-state index in [4.69, 9.17) is 5.21 Å². The van der Waals surface area contributed by atoms with Crippen molar-refractivity contribution in [1.29, 1.82) is 0 Å². The number of carbonyl (C=O) groups excluding carboxylic acids is 1. The number of para-hydroxylation sites is 1. The van der Waals surface area contributed by atoms with Crippen LogP contribution in [0.3, 0.4) is 0 Å². The first-order valence-electron chi connectivity index (χ1n) is 8.76. The van der Waals surface area contributed by atoms with Crippen LogP contribution < -0.4 is 10.8 Å². The fourth-order valence-electron chi connectivity index (χ4n) is 3.10. The van der Waals surface area contributed by atoms with Crippen LogP contribution in [0.15, 0.2) is 54.4 Å². The Hall–Kier alpha value is -2.96. The van der Waals surface area contributed by atoms with E-state index >= 15 is 0 Å². The number of fused-ring (bicyclic) bond motifs is 1. The van der Waals surface area contributed by atoms with E-state index in [0.717, 1.165) is 30.1 Å². The smallest absolute Gasteiger partial charge is 0.303 e. The van der Waals surface area contributed by atoms with E-state index in [1.807, 2.05) is 18.2 Å². The highest BCUT2D eigenvalue weighted by molar-refractivity contribution is 5.94. The lowest BCUT2D eigenvalue weighted by molar-refractivity contribution is -0.126. The largest absolute Gasteiger partial charge is 0.358 e. The first-order chi connectivity index (χ1) is 13.1. The minimum atomic E-state index is -1.16. The molecule has 5 nitrogen and oxygen atoms in total. The molecule has 0 fully saturated rings. The third kappa shape index (κ3) is 4.61. The van der Waals surface area contributed by atoms with Gasteiger partial charge in [0.15, 0.2) is 5.83 Å². The Morgan fingerprint density at radius 1 is 1.19 bits per heavy atom. The highest BCUT2D eigenvalue weighted by Crippen LogP contribution is 2.22. The Kier molecular flexibility index (Phi) is 6.01. The summed E-state index contributed by atoms with van der Waals surface area (Å²) in [6.07, 6.45) is 2.00. The molecule has 140 valence electrons. The van der Waals surface area contributed by atoms with Gasteiger partial charge in [0, 0.05) is 23.1 Å². The lowest BCUT2D eigenvalue weighted by Crippen LogP contribution is -2.18. The van der Waals surface area contributed by atoms with E-state index < -0.39 is 11.7 Å². The number of hydroxylamine groups is 1. The number of carbonyl (C=O) groups is 1. The van der Waals surface area contributed by atoms with Gasteiger partial charge >= 0.3 is 5.91 Å². The number of hydrogen-bond acceptors (Lipinski definition) is 3. The summed E-state index contributed by atoms with van der Waals surface area (Å²) in [5, 5.41) is 13.1. The van der Waals surface area contributed by atoms with Crippen LogP contribution in [0, 0.1) is 6.92 Å². The number of benzene rings is 2. The lowest BCUT2D eigenvalue weighted by Gasteiger charge is -2.06. The van der Waals surface area contributed by atoms with Crippen LogP contribution in [0.25, 0.3) is 17.0 Å². The van der Waals surface area contributed by atoms with Crippen LogP contribution in [-0.2, 0) is 17.8 Å². The quantitative estimate of drug-likeness (QED) is 0.223. The second-order valence-corrected chi connectivity index (χ2v) is 6.38. The number of H-pyrrole nitrogens is 1. The minimum Gasteiger partial charge on any atom is -0.358 e. The zero-order valence-electron chi connectivity index (χ0n) is 15.1. The fraction of sp³-hybridized carbons (Fsp3) is 0.190. The van der Waals surface area contributed by atoms with Gasteiger partial charge in [-0.15, -0.1) is 0 Å². The fourth-order valence-corrected chi connectivity index (χ4v) is 3.10. The van der Waals surface area contributed by atoms with Gasteiger partial charge in [-0.1, -0.05) is 42.5 Å². The van der Waals surface area contributed by atoms with Crippen molar-refractivity contribution in [2.45, 2.75) is 19.9 Å². The SMILES string of the molecule is Cc1[nH]c2ccccc2c1CCNCc1ccc(C=C(F)C(=O)NO)cc1. The van der Waals surface area contributed by atoms with Gasteiger partial charge in [-0.3, -0.25) is 10.0 Å². The second kappa shape index (κ2) is 8.62. The molecule has 2 aromatic carbocycles. The second-order valence-electron chi connectivity index (χ2n) is 6.38. The van der Waals surface area contributed by atoms with Crippen LogP contribution >= 0.6 is 0 Å². The van der Waals surface area contributed by atoms with E-state index in [1.54, 1.807) is 12.1 Å². The van der Waals surface area contributed by atoms with Crippen LogP contribution in [0.4, 0.5) is 4.39 Å². The maximum Gasteiger partial charge on any atom is 0.303 e. The summed E-state index contributed by atoms with van der Waals surface area (Å²) in [4.78, 5) is 14.4. The molecule has 0 radical (unpaired) electrons. The zero-order valence-corrected chi connectivity index (χ0v) is 15.1. The van der Waals surface area contributed by atoms with Gasteiger partial charge in [0.1, 0.15) is 0 Å². The van der Waals surface area contributed by atoms with Gasteiger partial charge in [-0.2, -0.15) is 0 Å². The van der Waals surface area contributed by atoms with Crippen molar-refractivity contribution in [3.63, 3.8) is 0 Å². The van der Waals surface area contributed by atoms with E-state index in [0.29, 0.717) is 12.1 Å². The standard InChI is InChI=1S/C21H22FN3O2/c1-14-17(18-4-2-3-5-20(18)24-14)10-11-23-13-16-8-6-15(7-9-16)12-19(22)21(26)25-27/h2-9,12,23-24,27H,10-11,13H2,1H3,(H,25,26). The molecule has 0 aliphatic rings. The summed E-state index contributed by atoms with van der Waals surface area (Å²) in [6, 6.07) is 15.5. The third-order valence-corrected chi connectivity index (χ3v) is 4.50. The highest BCUT2D eigenvalue weighted by atomic mass is 19.1. The predicted octanol–water partition coefficient (Wildman–Crippen LogP) is 3.62. The molecule has 1 aromatic heterocycles. The van der Waals surface area contributed by atoms with Gasteiger partial charge in [0.25, 0.3) is 0 Å². The number of nitrogens with one attached hydrogen (secondary N) is 3. The van der Waals surface area contributed by atoms with Gasteiger partial charge in [-0.25, -0.2) is 9.87 Å². The van der Waals surface area contributed by atoms with Crippen molar-refractivity contribution < 1.29 is 14.4 Å². The number of aromatic amines is 1. The van der Waals surface area contributed by atoms with Crippen molar-refractivity contribution in [1.82, 2.24) is 15.8 Å².